The molecule has 0 aliphatic rings. The lowest BCUT2D eigenvalue weighted by Crippen LogP contribution is -2.14. The van der Waals surface area contributed by atoms with Gasteiger partial charge in [-0.1, -0.05) is 28.1 Å². The molecule has 0 heterocycles. The molecular formula is C13H13BrO5. The molecule has 1 aromatic rings. The highest BCUT2D eigenvalue weighted by atomic mass is 79.9. The van der Waals surface area contributed by atoms with Crippen molar-refractivity contribution in [3.05, 3.63) is 34.3 Å². The number of rotatable bonds is 5. The summed E-state index contributed by atoms with van der Waals surface area (Å²) in [5.41, 5.74) is 0.507. The quantitative estimate of drug-likeness (QED) is 0.472. The van der Waals surface area contributed by atoms with Crippen LogP contribution in [-0.4, -0.2) is 24.5 Å². The van der Waals surface area contributed by atoms with Crippen LogP contribution in [0.15, 0.2) is 28.7 Å². The van der Waals surface area contributed by atoms with E-state index in [1.807, 2.05) is 0 Å². The van der Waals surface area contributed by atoms with E-state index in [0.717, 1.165) is 4.47 Å². The molecule has 5 nitrogen and oxygen atoms in total. The number of ether oxygens (including phenoxy) is 2. The van der Waals surface area contributed by atoms with E-state index in [2.05, 4.69) is 25.4 Å². The standard InChI is InChI=1S/C13H13BrO5/c1-2-18-13(17)19-12(16)8-7-11(15)9-3-5-10(14)6-4-9/h3-6H,2,7-8H2,1H3. The summed E-state index contributed by atoms with van der Waals surface area (Å²) in [4.78, 5) is 33.8. The number of ketones is 1. The van der Waals surface area contributed by atoms with Crippen molar-refractivity contribution < 1.29 is 23.9 Å². The van der Waals surface area contributed by atoms with Gasteiger partial charge in [-0.15, -0.1) is 0 Å². The van der Waals surface area contributed by atoms with Crippen molar-refractivity contribution in [2.75, 3.05) is 6.61 Å². The van der Waals surface area contributed by atoms with E-state index < -0.39 is 12.1 Å². The Balaban J connectivity index is 2.40. The van der Waals surface area contributed by atoms with Gasteiger partial charge in [0.1, 0.15) is 0 Å². The van der Waals surface area contributed by atoms with Gasteiger partial charge in [-0.2, -0.15) is 0 Å². The van der Waals surface area contributed by atoms with Crippen molar-refractivity contribution in [3.63, 3.8) is 0 Å². The largest absolute Gasteiger partial charge is 0.516 e. The smallest absolute Gasteiger partial charge is 0.434 e. The highest BCUT2D eigenvalue weighted by molar-refractivity contribution is 9.10. The van der Waals surface area contributed by atoms with Crippen LogP contribution in [0.5, 0.6) is 0 Å². The topological polar surface area (TPSA) is 69.7 Å². The van der Waals surface area contributed by atoms with Gasteiger partial charge in [0.05, 0.1) is 13.0 Å². The van der Waals surface area contributed by atoms with Crippen LogP contribution < -0.4 is 0 Å². The van der Waals surface area contributed by atoms with E-state index in [-0.39, 0.29) is 25.2 Å². The Labute approximate surface area is 119 Å². The number of Topliss-reactive ketones (excluding diaryl/α,β-unsaturated/α-hetero) is 1. The van der Waals surface area contributed by atoms with E-state index >= 15 is 0 Å². The van der Waals surface area contributed by atoms with E-state index in [4.69, 9.17) is 0 Å². The molecule has 0 saturated heterocycles. The first-order valence-electron chi connectivity index (χ1n) is 5.69. The molecule has 1 aromatic carbocycles. The molecule has 0 amide bonds. The second-order valence-electron chi connectivity index (χ2n) is 3.59. The predicted octanol–water partition coefficient (Wildman–Crippen LogP) is 3.11. The zero-order valence-electron chi connectivity index (χ0n) is 10.3. The highest BCUT2D eigenvalue weighted by Gasteiger charge is 2.14. The van der Waals surface area contributed by atoms with Crippen molar-refractivity contribution in [1.29, 1.82) is 0 Å². The molecule has 0 radical (unpaired) electrons. The third kappa shape index (κ3) is 5.65. The van der Waals surface area contributed by atoms with Gasteiger partial charge in [0.15, 0.2) is 5.78 Å². The number of hydrogen-bond acceptors (Lipinski definition) is 5. The summed E-state index contributed by atoms with van der Waals surface area (Å²) >= 11 is 3.26. The fraction of sp³-hybridized carbons (Fsp3) is 0.308. The maximum absolute atomic E-state index is 11.7. The minimum Gasteiger partial charge on any atom is -0.434 e. The number of carbonyl (C=O) groups is 3. The fourth-order valence-corrected chi connectivity index (χ4v) is 1.55. The Morgan fingerprint density at radius 2 is 1.74 bits per heavy atom. The summed E-state index contributed by atoms with van der Waals surface area (Å²) in [5, 5.41) is 0. The molecule has 0 spiro atoms. The zero-order valence-corrected chi connectivity index (χ0v) is 11.9. The molecule has 0 aromatic heterocycles. The normalized spacial score (nSPS) is 9.79. The predicted molar refractivity (Wildman–Crippen MR) is 70.8 cm³/mol. The molecule has 19 heavy (non-hydrogen) atoms. The van der Waals surface area contributed by atoms with Gasteiger partial charge in [-0.25, -0.2) is 4.79 Å². The average Bonchev–Trinajstić information content (AvgIpc) is 2.37. The molecule has 0 bridgehead atoms. The Morgan fingerprint density at radius 3 is 2.32 bits per heavy atom. The Bertz CT molecular complexity index is 466. The molecule has 0 aliphatic heterocycles. The van der Waals surface area contributed by atoms with Gasteiger partial charge in [-0.05, 0) is 19.1 Å². The first-order chi connectivity index (χ1) is 9.02. The number of benzene rings is 1. The summed E-state index contributed by atoms with van der Waals surface area (Å²) in [6.45, 7) is 1.73. The van der Waals surface area contributed by atoms with Gasteiger partial charge in [0.2, 0.25) is 0 Å². The van der Waals surface area contributed by atoms with Gasteiger partial charge in [0.25, 0.3) is 0 Å². The maximum Gasteiger partial charge on any atom is 0.516 e. The van der Waals surface area contributed by atoms with Crippen molar-refractivity contribution >= 4 is 33.8 Å². The van der Waals surface area contributed by atoms with E-state index in [1.165, 1.54) is 0 Å². The van der Waals surface area contributed by atoms with Crippen LogP contribution in [-0.2, 0) is 14.3 Å². The lowest BCUT2D eigenvalue weighted by molar-refractivity contribution is -0.139. The monoisotopic (exact) mass is 328 g/mol. The molecule has 0 atom stereocenters. The third-order valence-electron chi connectivity index (χ3n) is 2.18. The first kappa shape index (κ1) is 15.4. The average molecular weight is 329 g/mol. The summed E-state index contributed by atoms with van der Waals surface area (Å²) in [6.07, 6.45) is -1.21. The van der Waals surface area contributed by atoms with Crippen molar-refractivity contribution in [2.24, 2.45) is 0 Å². The minimum atomic E-state index is -1.04. The molecule has 0 aliphatic carbocycles. The van der Waals surface area contributed by atoms with Gasteiger partial charge in [0, 0.05) is 16.5 Å². The molecular weight excluding hydrogens is 316 g/mol. The van der Waals surface area contributed by atoms with Crippen LogP contribution in [0.1, 0.15) is 30.1 Å². The van der Waals surface area contributed by atoms with E-state index in [1.54, 1.807) is 31.2 Å². The SMILES string of the molecule is CCOC(=O)OC(=O)CCC(=O)c1ccc(Br)cc1. The summed E-state index contributed by atoms with van der Waals surface area (Å²) in [5.74, 6) is -0.961. The lowest BCUT2D eigenvalue weighted by atomic mass is 10.1. The van der Waals surface area contributed by atoms with E-state index in [0.29, 0.717) is 5.56 Å². The second kappa shape index (κ2) is 7.68. The Hall–Kier alpha value is -1.69. The fourth-order valence-electron chi connectivity index (χ4n) is 1.29. The summed E-state index contributed by atoms with van der Waals surface area (Å²) < 4.78 is 9.65. The molecule has 6 heteroatoms. The van der Waals surface area contributed by atoms with Crippen LogP contribution in [0, 0.1) is 0 Å². The van der Waals surface area contributed by atoms with Gasteiger partial charge < -0.3 is 9.47 Å². The second-order valence-corrected chi connectivity index (χ2v) is 4.50. The van der Waals surface area contributed by atoms with Crippen molar-refractivity contribution in [1.82, 2.24) is 0 Å². The highest BCUT2D eigenvalue weighted by Crippen LogP contribution is 2.12. The molecule has 0 fully saturated rings. The number of halogens is 1. The zero-order chi connectivity index (χ0) is 14.3. The first-order valence-corrected chi connectivity index (χ1v) is 6.48. The molecule has 0 saturated carbocycles. The van der Waals surface area contributed by atoms with E-state index in [9.17, 15) is 14.4 Å². The molecule has 1 rings (SSSR count). The Kier molecular flexibility index (Phi) is 6.21. The molecule has 102 valence electrons. The van der Waals surface area contributed by atoms with Gasteiger partial charge >= 0.3 is 12.1 Å². The number of esters is 1. The van der Waals surface area contributed by atoms with Gasteiger partial charge in [-0.3, -0.25) is 9.59 Å². The minimum absolute atomic E-state index is 0.0140. The third-order valence-corrected chi connectivity index (χ3v) is 2.71. The Morgan fingerprint density at radius 1 is 1.11 bits per heavy atom. The molecule has 0 unspecified atom stereocenters. The van der Waals surface area contributed by atoms with Crippen LogP contribution in [0.2, 0.25) is 0 Å². The number of hydrogen-bond donors (Lipinski definition) is 0. The van der Waals surface area contributed by atoms with Crippen molar-refractivity contribution in [3.8, 4) is 0 Å². The lowest BCUT2D eigenvalue weighted by Gasteiger charge is -2.03. The molecule has 0 N–H and O–H groups in total. The van der Waals surface area contributed by atoms with Crippen LogP contribution in [0.3, 0.4) is 0 Å². The summed E-state index contributed by atoms with van der Waals surface area (Å²) in [7, 11) is 0. The van der Waals surface area contributed by atoms with Crippen LogP contribution in [0.25, 0.3) is 0 Å². The van der Waals surface area contributed by atoms with Crippen LogP contribution >= 0.6 is 15.9 Å². The summed E-state index contributed by atoms with van der Waals surface area (Å²) in [6, 6.07) is 6.79. The van der Waals surface area contributed by atoms with Crippen molar-refractivity contribution in [2.45, 2.75) is 19.8 Å². The number of carbonyl (C=O) groups excluding carboxylic acids is 3. The maximum atomic E-state index is 11.7. The van der Waals surface area contributed by atoms with Crippen LogP contribution in [0.4, 0.5) is 4.79 Å².